The summed E-state index contributed by atoms with van der Waals surface area (Å²) in [6, 6.07) is 37.6. The molecule has 4 aromatic rings. The van der Waals surface area contributed by atoms with Gasteiger partial charge in [-0.05, 0) is 0 Å². The normalized spacial score (nSPS) is 16.7. The summed E-state index contributed by atoms with van der Waals surface area (Å²) in [5, 5.41) is 0. The van der Waals surface area contributed by atoms with Crippen molar-refractivity contribution in [2.24, 2.45) is 5.92 Å². The molecule has 6 rings (SSSR count). The Morgan fingerprint density at radius 2 is 1.05 bits per heavy atom. The van der Waals surface area contributed by atoms with Crippen molar-refractivity contribution < 1.29 is 21.3 Å². The number of hydrogen-bond donors (Lipinski definition) is 0. The molecule has 0 saturated heterocycles. The van der Waals surface area contributed by atoms with Crippen molar-refractivity contribution in [3.63, 3.8) is 0 Å². The molecule has 0 radical (unpaired) electrons. The molecule has 0 N–H and O–H groups in total. The molecule has 0 amide bonds. The van der Waals surface area contributed by atoms with Crippen LogP contribution in [-0.2, 0) is 32.1 Å². The fraction of sp³-hybridized carbons (Fsp3) is 0.310. The van der Waals surface area contributed by atoms with Crippen molar-refractivity contribution in [2.75, 3.05) is 0 Å². The van der Waals surface area contributed by atoms with Gasteiger partial charge in [0.15, 0.2) is 0 Å². The van der Waals surface area contributed by atoms with E-state index < -0.39 is 21.3 Å². The van der Waals surface area contributed by atoms with Crippen LogP contribution in [0.2, 0.25) is 0 Å². The van der Waals surface area contributed by atoms with Crippen LogP contribution in [-0.4, -0.2) is 3.21 Å². The van der Waals surface area contributed by atoms with Gasteiger partial charge in [-0.25, -0.2) is 0 Å². The average molecular weight is 642 g/mol. The van der Waals surface area contributed by atoms with Gasteiger partial charge in [-0.3, -0.25) is 0 Å². The van der Waals surface area contributed by atoms with Gasteiger partial charge < -0.3 is 0 Å². The Balaban J connectivity index is 1.76. The summed E-state index contributed by atoms with van der Waals surface area (Å²) < 4.78 is 3.79. The summed E-state index contributed by atoms with van der Waals surface area (Å²) in [5.74, 6) is 0.465. The fourth-order valence-corrected chi connectivity index (χ4v) is 17.3. The first kappa shape index (κ1) is 30.2. The van der Waals surface area contributed by atoms with Gasteiger partial charge >= 0.3 is 269 Å². The van der Waals surface area contributed by atoms with E-state index in [2.05, 4.69) is 165 Å². The molecule has 0 aromatic heterocycles. The minimum atomic E-state index is -2.78. The summed E-state index contributed by atoms with van der Waals surface area (Å²) in [7, 11) is 0. The van der Waals surface area contributed by atoms with E-state index in [9.17, 15) is 0 Å². The van der Waals surface area contributed by atoms with Gasteiger partial charge in [-0.15, -0.1) is 0 Å². The van der Waals surface area contributed by atoms with Crippen LogP contribution in [0.4, 0.5) is 0 Å². The Kier molecular flexibility index (Phi) is 7.88. The molecule has 0 nitrogen and oxygen atoms in total. The first-order valence-electron chi connectivity index (χ1n) is 15.9. The SMILES string of the molecule is CC1=CC(C)[C]([Zr](=[C](c2ccccc2)c2ccccc2)[CH]2c3ccc(C(C)(C)C)cc3-c3cc(C(C)(C)C)ccc32)=C1C. The van der Waals surface area contributed by atoms with Crippen LogP contribution in [0.3, 0.4) is 0 Å². The Bertz CT molecular complexity index is 1680. The first-order chi connectivity index (χ1) is 20.4. The Hall–Kier alpha value is -2.89. The predicted molar refractivity (Wildman–Crippen MR) is 183 cm³/mol. The quantitative estimate of drug-likeness (QED) is 0.208. The van der Waals surface area contributed by atoms with Crippen LogP contribution in [0.1, 0.15) is 99.3 Å². The number of fused-ring (bicyclic) bond motifs is 3. The molecule has 0 saturated carbocycles. The summed E-state index contributed by atoms with van der Waals surface area (Å²) in [6.45, 7) is 21.2. The zero-order valence-corrected chi connectivity index (χ0v) is 29.9. The minimum absolute atomic E-state index is 0.0992. The van der Waals surface area contributed by atoms with E-state index in [0.29, 0.717) is 9.54 Å². The van der Waals surface area contributed by atoms with E-state index in [-0.39, 0.29) is 10.8 Å². The van der Waals surface area contributed by atoms with Gasteiger partial charge in [0, 0.05) is 0 Å². The van der Waals surface area contributed by atoms with Crippen LogP contribution in [0.25, 0.3) is 11.1 Å². The monoisotopic (exact) mass is 640 g/mol. The standard InChI is InChI=1S/C21H25.C13H10.C8H11.Zr/c1-20(2,3)16-9-7-14-11-15-8-10-17(21(4,5)6)13-19(15)18(14)12-16;1-3-7-12(8-4-1)11-13-9-5-2-6-10-13;1-6-4-7(2)8(3)5-6;/h7-13H,1-6H3;1-10H;4,6H,1-3H3;. The Morgan fingerprint density at radius 3 is 1.42 bits per heavy atom. The molecule has 0 heterocycles. The van der Waals surface area contributed by atoms with Gasteiger partial charge in [0.1, 0.15) is 0 Å². The Labute approximate surface area is 267 Å². The second kappa shape index (κ2) is 11.2. The van der Waals surface area contributed by atoms with E-state index in [0.717, 1.165) is 0 Å². The van der Waals surface area contributed by atoms with Crippen molar-refractivity contribution in [1.29, 1.82) is 0 Å². The molecular formula is C42H46Zr. The van der Waals surface area contributed by atoms with Crippen LogP contribution >= 0.6 is 0 Å². The van der Waals surface area contributed by atoms with Crippen LogP contribution in [0.15, 0.2) is 118 Å². The van der Waals surface area contributed by atoms with E-state index in [1.165, 1.54) is 39.0 Å². The molecule has 0 spiro atoms. The molecule has 0 aliphatic heterocycles. The molecule has 2 aliphatic carbocycles. The van der Waals surface area contributed by atoms with Crippen molar-refractivity contribution in [2.45, 2.75) is 76.8 Å². The van der Waals surface area contributed by atoms with Gasteiger partial charge in [-0.1, -0.05) is 0 Å². The van der Waals surface area contributed by atoms with E-state index in [4.69, 9.17) is 0 Å². The zero-order valence-electron chi connectivity index (χ0n) is 27.5. The molecule has 1 atom stereocenters. The maximum absolute atomic E-state index is 2.78. The van der Waals surface area contributed by atoms with Crippen molar-refractivity contribution in [3.05, 3.63) is 151 Å². The van der Waals surface area contributed by atoms with Crippen LogP contribution in [0.5, 0.6) is 0 Å². The molecule has 0 fully saturated rings. The molecule has 1 unspecified atom stereocenters. The molecule has 0 bridgehead atoms. The van der Waals surface area contributed by atoms with Crippen molar-refractivity contribution in [1.82, 2.24) is 0 Å². The number of rotatable bonds is 4. The van der Waals surface area contributed by atoms with Gasteiger partial charge in [0.25, 0.3) is 0 Å². The Morgan fingerprint density at radius 1 is 0.605 bits per heavy atom. The number of allylic oxidation sites excluding steroid dienone is 4. The van der Waals surface area contributed by atoms with Crippen molar-refractivity contribution >= 4 is 3.21 Å². The van der Waals surface area contributed by atoms with E-state index in [1.807, 2.05) is 0 Å². The maximum atomic E-state index is 2.54. The molecule has 2 aliphatic rings. The van der Waals surface area contributed by atoms with Gasteiger partial charge in [-0.2, -0.15) is 0 Å². The third-order valence-corrected chi connectivity index (χ3v) is 18.8. The van der Waals surface area contributed by atoms with Crippen LogP contribution in [0, 0.1) is 5.92 Å². The van der Waals surface area contributed by atoms with E-state index >= 15 is 0 Å². The third kappa shape index (κ3) is 5.48. The summed E-state index contributed by atoms with van der Waals surface area (Å²) >= 11 is -2.78. The van der Waals surface area contributed by atoms with Crippen molar-refractivity contribution in [3.8, 4) is 11.1 Å². The number of hydrogen-bond acceptors (Lipinski definition) is 0. The van der Waals surface area contributed by atoms with Crippen LogP contribution < -0.4 is 0 Å². The summed E-state index contributed by atoms with van der Waals surface area (Å²) in [4.78, 5) is 0. The molecule has 43 heavy (non-hydrogen) atoms. The third-order valence-electron chi connectivity index (χ3n) is 9.67. The zero-order chi connectivity index (χ0) is 30.7. The fourth-order valence-electron chi connectivity index (χ4n) is 7.20. The first-order valence-corrected chi connectivity index (χ1v) is 19.8. The second-order valence-corrected chi connectivity index (χ2v) is 20.7. The summed E-state index contributed by atoms with van der Waals surface area (Å²) in [5.41, 5.74) is 14.9. The number of benzene rings is 4. The summed E-state index contributed by atoms with van der Waals surface area (Å²) in [6.07, 6.45) is 2.53. The molecule has 218 valence electrons. The van der Waals surface area contributed by atoms with Gasteiger partial charge in [0.05, 0.1) is 0 Å². The second-order valence-electron chi connectivity index (χ2n) is 14.7. The molecule has 4 aromatic carbocycles. The molecule has 1 heteroatoms. The molecular weight excluding hydrogens is 596 g/mol. The average Bonchev–Trinajstić information content (AvgIpc) is 3.42. The van der Waals surface area contributed by atoms with Gasteiger partial charge in [0.2, 0.25) is 0 Å². The van der Waals surface area contributed by atoms with E-state index in [1.54, 1.807) is 23.2 Å². The topological polar surface area (TPSA) is 0 Å². The predicted octanol–water partition coefficient (Wildman–Crippen LogP) is 11.1.